The van der Waals surface area contributed by atoms with Crippen LogP contribution in [0.15, 0.2) is 28.9 Å². The standard InChI is InChI=1S/C24H34N4O6/c1-17(2)14-31-15-19(29)12-27-5-7-28(8-6-27)13-23-26-20(16-34-23)24(30)25-18-3-4-21-22(11-18)33-10-9-32-21/h3-4,11,16-17,19,29H,5-10,12-15H2,1-2H3,(H,25,30). The van der Waals surface area contributed by atoms with Gasteiger partial charge in [-0.15, -0.1) is 0 Å². The minimum atomic E-state index is -0.479. The number of nitrogens with one attached hydrogen (secondary N) is 1. The number of aromatic nitrogens is 1. The van der Waals surface area contributed by atoms with Crippen molar-refractivity contribution in [2.24, 2.45) is 5.92 Å². The summed E-state index contributed by atoms with van der Waals surface area (Å²) in [6.45, 7) is 10.7. The predicted octanol–water partition coefficient (Wildman–Crippen LogP) is 1.85. The zero-order chi connectivity index (χ0) is 23.9. The van der Waals surface area contributed by atoms with Crippen LogP contribution in [-0.2, 0) is 11.3 Å². The van der Waals surface area contributed by atoms with E-state index in [4.69, 9.17) is 18.6 Å². The number of nitrogens with zero attached hydrogens (tertiary/aromatic N) is 3. The molecule has 0 aliphatic carbocycles. The number of anilines is 1. The Morgan fingerprint density at radius 2 is 1.85 bits per heavy atom. The van der Waals surface area contributed by atoms with Crippen LogP contribution in [0.3, 0.4) is 0 Å². The summed E-state index contributed by atoms with van der Waals surface area (Å²) in [6.07, 6.45) is 0.902. The average molecular weight is 475 g/mol. The van der Waals surface area contributed by atoms with Crippen LogP contribution in [0.5, 0.6) is 11.5 Å². The first kappa shape index (κ1) is 24.5. The van der Waals surface area contributed by atoms with Gasteiger partial charge in [-0.3, -0.25) is 14.6 Å². The quantitative estimate of drug-likeness (QED) is 0.533. The first-order valence-electron chi connectivity index (χ1n) is 11.8. The first-order valence-corrected chi connectivity index (χ1v) is 11.8. The molecular weight excluding hydrogens is 440 g/mol. The second-order valence-corrected chi connectivity index (χ2v) is 9.10. The lowest BCUT2D eigenvalue weighted by molar-refractivity contribution is -0.000850. The third-order valence-corrected chi connectivity index (χ3v) is 5.64. The summed E-state index contributed by atoms with van der Waals surface area (Å²) in [6, 6.07) is 5.27. The lowest BCUT2D eigenvalue weighted by atomic mass is 10.2. The monoisotopic (exact) mass is 474 g/mol. The minimum absolute atomic E-state index is 0.230. The number of aliphatic hydroxyl groups excluding tert-OH is 1. The highest BCUT2D eigenvalue weighted by Crippen LogP contribution is 2.32. The fourth-order valence-electron chi connectivity index (χ4n) is 3.92. The molecule has 1 amide bonds. The third-order valence-electron chi connectivity index (χ3n) is 5.64. The number of benzene rings is 1. The smallest absolute Gasteiger partial charge is 0.277 e. The molecular formula is C24H34N4O6. The van der Waals surface area contributed by atoms with Crippen LogP contribution in [0.2, 0.25) is 0 Å². The highest BCUT2D eigenvalue weighted by molar-refractivity contribution is 6.02. The molecule has 1 fully saturated rings. The minimum Gasteiger partial charge on any atom is -0.486 e. The molecule has 1 saturated heterocycles. The molecule has 2 aliphatic rings. The summed E-state index contributed by atoms with van der Waals surface area (Å²) in [5.41, 5.74) is 0.833. The predicted molar refractivity (Wildman–Crippen MR) is 125 cm³/mol. The van der Waals surface area contributed by atoms with E-state index in [1.54, 1.807) is 18.2 Å². The van der Waals surface area contributed by atoms with Gasteiger partial charge >= 0.3 is 0 Å². The molecule has 0 saturated carbocycles. The van der Waals surface area contributed by atoms with Crippen LogP contribution >= 0.6 is 0 Å². The SMILES string of the molecule is CC(C)COCC(O)CN1CCN(Cc2nc(C(=O)Nc3ccc4c(c3)OCCO4)co2)CC1. The lowest BCUT2D eigenvalue weighted by Gasteiger charge is -2.34. The van der Waals surface area contributed by atoms with E-state index >= 15 is 0 Å². The van der Waals surface area contributed by atoms with Gasteiger partial charge in [-0.25, -0.2) is 4.98 Å². The molecule has 3 heterocycles. The Labute approximate surface area is 199 Å². The first-order chi connectivity index (χ1) is 16.5. The topological polar surface area (TPSA) is 110 Å². The molecule has 0 bridgehead atoms. The fraction of sp³-hybridized carbons (Fsp3) is 0.583. The number of carbonyl (C=O) groups excluding carboxylic acids is 1. The van der Waals surface area contributed by atoms with Gasteiger partial charge in [0.1, 0.15) is 19.5 Å². The molecule has 2 aliphatic heterocycles. The number of hydrogen-bond acceptors (Lipinski definition) is 9. The summed E-state index contributed by atoms with van der Waals surface area (Å²) in [7, 11) is 0. The number of β-amino-alcohol motifs (C(OH)–C–C–N with tert-alkyl or cyclic N) is 1. The Kier molecular flexibility index (Phi) is 8.39. The number of ether oxygens (including phenoxy) is 3. The third kappa shape index (κ3) is 6.92. The lowest BCUT2D eigenvalue weighted by Crippen LogP contribution is -2.48. The number of rotatable bonds is 10. The molecule has 4 rings (SSSR count). The molecule has 10 heteroatoms. The highest BCUT2D eigenvalue weighted by atomic mass is 16.6. The van der Waals surface area contributed by atoms with Gasteiger partial charge in [0.25, 0.3) is 5.91 Å². The summed E-state index contributed by atoms with van der Waals surface area (Å²) in [5.74, 6) is 1.90. The van der Waals surface area contributed by atoms with Gasteiger partial charge in [-0.05, 0) is 18.1 Å². The Bertz CT molecular complexity index is 941. The largest absolute Gasteiger partial charge is 0.486 e. The second-order valence-electron chi connectivity index (χ2n) is 9.10. The van der Waals surface area contributed by atoms with E-state index in [0.717, 1.165) is 26.2 Å². The number of amides is 1. The van der Waals surface area contributed by atoms with Crippen molar-refractivity contribution in [2.75, 3.05) is 64.5 Å². The van der Waals surface area contributed by atoms with E-state index in [1.165, 1.54) is 6.26 Å². The van der Waals surface area contributed by atoms with Gasteiger partial charge in [0, 0.05) is 51.1 Å². The van der Waals surface area contributed by atoms with Crippen LogP contribution in [0.4, 0.5) is 5.69 Å². The van der Waals surface area contributed by atoms with Crippen molar-refractivity contribution >= 4 is 11.6 Å². The molecule has 1 aromatic carbocycles. The van der Waals surface area contributed by atoms with Crippen molar-refractivity contribution in [2.45, 2.75) is 26.5 Å². The maximum absolute atomic E-state index is 12.6. The number of fused-ring (bicyclic) bond motifs is 1. The van der Waals surface area contributed by atoms with Crippen LogP contribution in [0.25, 0.3) is 0 Å². The molecule has 1 atom stereocenters. The molecule has 0 spiro atoms. The van der Waals surface area contributed by atoms with Crippen molar-refractivity contribution in [3.8, 4) is 11.5 Å². The Morgan fingerprint density at radius 1 is 1.12 bits per heavy atom. The summed E-state index contributed by atoms with van der Waals surface area (Å²) < 4.78 is 22.1. The summed E-state index contributed by atoms with van der Waals surface area (Å²) in [4.78, 5) is 21.4. The van der Waals surface area contributed by atoms with E-state index in [2.05, 4.69) is 33.9 Å². The van der Waals surface area contributed by atoms with Crippen molar-refractivity contribution in [1.29, 1.82) is 0 Å². The number of piperazine rings is 1. The van der Waals surface area contributed by atoms with Gasteiger partial charge in [-0.1, -0.05) is 13.8 Å². The molecule has 2 N–H and O–H groups in total. The normalized spacial score (nSPS) is 17.6. The van der Waals surface area contributed by atoms with Crippen LogP contribution in [0.1, 0.15) is 30.2 Å². The molecule has 10 nitrogen and oxygen atoms in total. The van der Waals surface area contributed by atoms with Crippen molar-refractivity contribution in [1.82, 2.24) is 14.8 Å². The summed E-state index contributed by atoms with van der Waals surface area (Å²) >= 11 is 0. The van der Waals surface area contributed by atoms with Crippen molar-refractivity contribution in [3.05, 3.63) is 36.0 Å². The van der Waals surface area contributed by atoms with Crippen molar-refractivity contribution < 1.29 is 28.5 Å². The van der Waals surface area contributed by atoms with E-state index in [0.29, 0.717) is 68.5 Å². The van der Waals surface area contributed by atoms with Crippen molar-refractivity contribution in [3.63, 3.8) is 0 Å². The van der Waals surface area contributed by atoms with Gasteiger partial charge in [0.15, 0.2) is 17.2 Å². The van der Waals surface area contributed by atoms with E-state index in [1.807, 2.05) is 0 Å². The Balaban J connectivity index is 1.20. The molecule has 2 aromatic rings. The molecule has 34 heavy (non-hydrogen) atoms. The van der Waals surface area contributed by atoms with E-state index in [9.17, 15) is 9.90 Å². The highest BCUT2D eigenvalue weighted by Gasteiger charge is 2.22. The molecule has 1 unspecified atom stereocenters. The maximum Gasteiger partial charge on any atom is 0.277 e. The molecule has 0 radical (unpaired) electrons. The zero-order valence-corrected chi connectivity index (χ0v) is 19.9. The van der Waals surface area contributed by atoms with Gasteiger partial charge in [0.05, 0.1) is 19.3 Å². The average Bonchev–Trinajstić information content (AvgIpc) is 3.29. The maximum atomic E-state index is 12.6. The molecule has 186 valence electrons. The van der Waals surface area contributed by atoms with Gasteiger partial charge in [0.2, 0.25) is 5.89 Å². The zero-order valence-electron chi connectivity index (χ0n) is 19.9. The van der Waals surface area contributed by atoms with Gasteiger partial charge < -0.3 is 29.1 Å². The molecule has 1 aromatic heterocycles. The Morgan fingerprint density at radius 3 is 2.62 bits per heavy atom. The van der Waals surface area contributed by atoms with Crippen LogP contribution in [0, 0.1) is 5.92 Å². The van der Waals surface area contributed by atoms with Crippen LogP contribution in [-0.4, -0.2) is 91.1 Å². The summed E-state index contributed by atoms with van der Waals surface area (Å²) in [5, 5.41) is 13.0. The number of aliphatic hydroxyl groups is 1. The number of carbonyl (C=O) groups is 1. The van der Waals surface area contributed by atoms with Crippen LogP contribution < -0.4 is 14.8 Å². The second kappa shape index (κ2) is 11.7. The number of hydrogen-bond donors (Lipinski definition) is 2. The Hall–Kier alpha value is -2.66. The van der Waals surface area contributed by atoms with E-state index in [-0.39, 0.29) is 11.6 Å². The fourth-order valence-corrected chi connectivity index (χ4v) is 3.92. The number of oxazole rings is 1. The van der Waals surface area contributed by atoms with E-state index < -0.39 is 6.10 Å². The van der Waals surface area contributed by atoms with Gasteiger partial charge in [-0.2, -0.15) is 0 Å².